The van der Waals surface area contributed by atoms with Gasteiger partial charge in [0.2, 0.25) is 16.7 Å². The molecule has 6 heterocycles. The van der Waals surface area contributed by atoms with E-state index in [-0.39, 0.29) is 90.6 Å². The van der Waals surface area contributed by atoms with Crippen molar-refractivity contribution in [3.05, 3.63) is 202 Å². The van der Waals surface area contributed by atoms with E-state index in [0.717, 1.165) is 24.5 Å². The summed E-state index contributed by atoms with van der Waals surface area (Å²) in [6.45, 7) is 5.92. The van der Waals surface area contributed by atoms with Gasteiger partial charge in [-0.05, 0) is 173 Å². The summed E-state index contributed by atoms with van der Waals surface area (Å²) in [4.78, 5) is 66.7. The van der Waals surface area contributed by atoms with Gasteiger partial charge in [-0.2, -0.15) is 10.1 Å². The van der Waals surface area contributed by atoms with E-state index in [2.05, 4.69) is 36.4 Å². The molecule has 2 saturated carbocycles. The molecule has 12 rings (SSSR count). The molecule has 2 fully saturated rings. The number of hydrogen-bond acceptors (Lipinski definition) is 11. The Morgan fingerprint density at radius 2 is 1.40 bits per heavy atom. The molecular weight excluding hydrogens is 1140 g/mol. The molecule has 4 aromatic carbocycles. The number of benzene rings is 4. The highest BCUT2D eigenvalue weighted by molar-refractivity contribution is 7.92. The van der Waals surface area contributed by atoms with Crippen LogP contribution in [0.4, 0.5) is 23.2 Å². The lowest BCUT2D eigenvalue weighted by Gasteiger charge is -2.25. The summed E-state index contributed by atoms with van der Waals surface area (Å²) in [6.07, 6.45) is 7.87. The van der Waals surface area contributed by atoms with E-state index in [1.807, 2.05) is 12.1 Å². The number of aromatic nitrogens is 7. The van der Waals surface area contributed by atoms with Gasteiger partial charge in [-0.25, -0.2) is 30.5 Å². The molecule has 4 N–H and O–H groups in total. The first-order valence-electron chi connectivity index (χ1n) is 27.7. The van der Waals surface area contributed by atoms with Crippen LogP contribution in [0.3, 0.4) is 0 Å². The molecule has 87 heavy (non-hydrogen) atoms. The van der Waals surface area contributed by atoms with Gasteiger partial charge in [-0.3, -0.25) is 33.8 Å². The quantitative estimate of drug-likeness (QED) is 0.0496. The van der Waals surface area contributed by atoms with Gasteiger partial charge in [-0.1, -0.05) is 22.0 Å². The maximum Gasteiger partial charge on any atom is 0.260 e. The summed E-state index contributed by atoms with van der Waals surface area (Å²) in [6, 6.07) is 26.0. The Hall–Kier alpha value is -10.1. The van der Waals surface area contributed by atoms with E-state index in [4.69, 9.17) is 9.62 Å². The van der Waals surface area contributed by atoms with Crippen molar-refractivity contribution in [1.82, 2.24) is 50.5 Å². The first kappa shape index (κ1) is 57.3. The second kappa shape index (κ2) is 21.8. The molecule has 2 aliphatic carbocycles. The number of sulfonamides is 1. The molecule has 4 amide bonds. The molecule has 0 saturated heterocycles. The third-order valence-corrected chi connectivity index (χ3v) is 17.3. The molecule has 442 valence electrons. The Kier molecular flexibility index (Phi) is 14.3. The number of carbonyl (C=O) groups is 4. The fraction of sp³-hybridized carbons (Fsp3) is 0.222. The van der Waals surface area contributed by atoms with Gasteiger partial charge in [-0.15, -0.1) is 4.52 Å². The fourth-order valence-electron chi connectivity index (χ4n) is 11.2. The van der Waals surface area contributed by atoms with Crippen molar-refractivity contribution in [2.75, 3.05) is 24.2 Å². The normalized spacial score (nSPS) is 14.0. The van der Waals surface area contributed by atoms with Gasteiger partial charge in [0.05, 0.1) is 46.6 Å². The third-order valence-electron chi connectivity index (χ3n) is 16.0. The largest absolute Gasteiger partial charge is 0.355 e. The molecule has 0 aliphatic heterocycles. The second-order valence-electron chi connectivity index (χ2n) is 21.8. The van der Waals surface area contributed by atoms with Crippen molar-refractivity contribution < 1.29 is 54.4 Å². The molecule has 6 aromatic heterocycles. The van der Waals surface area contributed by atoms with E-state index in [1.54, 1.807) is 57.3 Å². The summed E-state index contributed by atoms with van der Waals surface area (Å²) in [5.74, 6) is -5.20. The lowest BCUT2D eigenvalue weighted by atomic mass is 9.95. The highest BCUT2D eigenvalue weighted by Gasteiger charge is 2.51. The zero-order valence-corrected chi connectivity index (χ0v) is 48.5. The predicted molar refractivity (Wildman–Crippen MR) is 313 cm³/mol. The number of nitrogens with one attached hydrogen (secondary N) is 4. The Morgan fingerprint density at radius 1 is 0.736 bits per heavy atom. The van der Waals surface area contributed by atoms with Gasteiger partial charge in [0.1, 0.15) is 34.2 Å². The fourth-order valence-corrected chi connectivity index (χ4v) is 12.2. The first-order valence-corrected chi connectivity index (χ1v) is 29.6. The minimum absolute atomic E-state index is 0.00531. The maximum absolute atomic E-state index is 18.0. The van der Waals surface area contributed by atoms with Gasteiger partial charge in [0.15, 0.2) is 17.2 Å². The minimum atomic E-state index is -4.00. The number of rotatable bonds is 17. The van der Waals surface area contributed by atoms with Crippen molar-refractivity contribution in [3.63, 3.8) is 0 Å². The van der Waals surface area contributed by atoms with Crippen molar-refractivity contribution in [2.45, 2.75) is 71.1 Å². The maximum atomic E-state index is 18.0. The number of hydrogen-bond donors (Lipinski definition) is 4. The topological polar surface area (TPSA) is 231 Å². The zero-order valence-electron chi connectivity index (χ0n) is 47.7. The Labute approximate surface area is 495 Å². The van der Waals surface area contributed by atoms with Crippen molar-refractivity contribution in [2.24, 2.45) is 0 Å². The van der Waals surface area contributed by atoms with Crippen molar-refractivity contribution in [1.29, 1.82) is 0 Å². The number of amides is 4. The summed E-state index contributed by atoms with van der Waals surface area (Å²) in [5.41, 5.74) is 0.447. The summed E-state index contributed by atoms with van der Waals surface area (Å²) >= 11 is 0. The molecule has 0 bridgehead atoms. The number of anilines is 1. The van der Waals surface area contributed by atoms with Crippen LogP contribution in [-0.4, -0.2) is 81.1 Å². The number of pyridine rings is 3. The number of fused-ring (bicyclic) bond motifs is 2. The number of nitrogens with zero attached hydrogens (tertiary/aromatic N) is 8. The average molecular weight is 1200 g/mol. The first-order chi connectivity index (χ1) is 41.6. The van der Waals surface area contributed by atoms with Crippen LogP contribution in [0.5, 0.6) is 0 Å². The van der Waals surface area contributed by atoms with Gasteiger partial charge in [0, 0.05) is 53.2 Å². The second-order valence-corrected chi connectivity index (χ2v) is 23.7. The molecule has 2 aliphatic rings. The molecule has 24 heteroatoms. The van der Waals surface area contributed by atoms with E-state index in [9.17, 15) is 31.6 Å². The molecule has 0 radical (unpaired) electrons. The zero-order chi connectivity index (χ0) is 61.4. The van der Waals surface area contributed by atoms with Crippen LogP contribution >= 0.6 is 0 Å². The third kappa shape index (κ3) is 10.4. The van der Waals surface area contributed by atoms with E-state index >= 15 is 13.6 Å². The minimum Gasteiger partial charge on any atom is -0.355 e. The molecule has 0 spiro atoms. The number of carbonyl (C=O) groups excluding carboxylic acids is 4. The number of halogens is 4. The summed E-state index contributed by atoms with van der Waals surface area (Å²) in [7, 11) is -2.67. The van der Waals surface area contributed by atoms with Gasteiger partial charge < -0.3 is 20.5 Å². The Morgan fingerprint density at radius 3 is 2.02 bits per heavy atom. The molecular formula is C63H55F4N12O7S+. The monoisotopic (exact) mass is 1200 g/mol. The molecule has 0 unspecified atom stereocenters. The van der Waals surface area contributed by atoms with E-state index in [1.165, 1.54) is 92.9 Å². The summed E-state index contributed by atoms with van der Waals surface area (Å²) in [5, 5.41) is 20.2. The molecule has 0 atom stereocenters. The lowest BCUT2D eigenvalue weighted by Crippen LogP contribution is -2.49. The van der Waals surface area contributed by atoms with Crippen LogP contribution in [-0.2, 0) is 27.8 Å². The van der Waals surface area contributed by atoms with E-state index < -0.39 is 74.7 Å². The van der Waals surface area contributed by atoms with Gasteiger partial charge >= 0.3 is 0 Å². The van der Waals surface area contributed by atoms with Crippen LogP contribution < -0.4 is 30.3 Å². The Balaban J connectivity index is 0.987. The van der Waals surface area contributed by atoms with Crippen LogP contribution in [0.25, 0.3) is 55.8 Å². The smallest absolute Gasteiger partial charge is 0.260 e. The standard InChI is InChI=1S/C63H54F4N12O7S/c1-7-79(87(6,84)85)49-32-76-48(31-46(49)44-28-39(12-11-34(44)2)57(80)72-62(22-23-62)50-10-8-9-26-69-50)51(54(74-76)37-13-17-41(64)18-14-37)60(83)70-33-78-55(38-15-19-42(65)20-16-38)52(59(82)68-5)56-53(67)43(21-27-77(56)78)45-29-40(30-47(66)35(45)3)58(81)73-63(24-25-63)61-71-36(4)75-86-61/h8-21,26-32H,7,22-25,33H2,1-6H3,(H3-,68,70,72,73,80,81,82,83)/p+1. The summed E-state index contributed by atoms with van der Waals surface area (Å²) < 4.78 is 101. The molecule has 10 aromatic rings. The Bertz CT molecular complexity index is 4600. The molecule has 19 nitrogen and oxygen atoms in total. The highest BCUT2D eigenvalue weighted by atomic mass is 32.2. The number of aryl methyl sites for hydroxylation is 2. The SMILES string of the molecule is CCN(c1cn2nc(-c3ccc(F)cc3)c(C(=O)NC[n+]3c(-c4ccc(F)cc4)c(C(=O)NC)c4c(F)c(-c5cc(C(=O)NC6(c7nc(C)no7)CC6)cc(F)c5C)ccn43)c2cc1-c1cc(C(=O)NC2(c3ccccn3)CC2)ccc1C)S(C)(=O)=O. The van der Waals surface area contributed by atoms with Crippen molar-refractivity contribution in [3.8, 4) is 44.8 Å². The van der Waals surface area contributed by atoms with Gasteiger partial charge in [0.25, 0.3) is 35.2 Å². The predicted octanol–water partition coefficient (Wildman–Crippen LogP) is 9.17. The lowest BCUT2D eigenvalue weighted by molar-refractivity contribution is -0.753. The van der Waals surface area contributed by atoms with Crippen LogP contribution in [0.1, 0.15) is 103 Å². The van der Waals surface area contributed by atoms with Crippen LogP contribution in [0, 0.1) is 44.0 Å². The van der Waals surface area contributed by atoms with Crippen LogP contribution in [0.2, 0.25) is 0 Å². The highest BCUT2D eigenvalue weighted by Crippen LogP contribution is 2.47. The van der Waals surface area contributed by atoms with Crippen LogP contribution in [0.15, 0.2) is 132 Å². The van der Waals surface area contributed by atoms with E-state index in [0.29, 0.717) is 53.9 Å². The van der Waals surface area contributed by atoms with Crippen molar-refractivity contribution >= 4 is 50.4 Å². The average Bonchev–Trinajstić information content (AvgIpc) is 1.76.